The summed E-state index contributed by atoms with van der Waals surface area (Å²) in [5.41, 5.74) is 0.131. The molecular formula is C11H23NO3. The standard InChI is InChI=1S/C11H23NO3/c1-11(2,3)4-8(13)5-12-9-6-15-7-10(9)14/h8-10,12-14H,4-7H2,1-3H3. The van der Waals surface area contributed by atoms with Gasteiger partial charge in [0.1, 0.15) is 0 Å². The van der Waals surface area contributed by atoms with Crippen molar-refractivity contribution in [1.29, 1.82) is 0 Å². The maximum Gasteiger partial charge on any atom is 0.0948 e. The Morgan fingerprint density at radius 2 is 2.07 bits per heavy atom. The zero-order valence-corrected chi connectivity index (χ0v) is 9.86. The highest BCUT2D eigenvalue weighted by Crippen LogP contribution is 2.20. The van der Waals surface area contributed by atoms with E-state index in [4.69, 9.17) is 4.74 Å². The van der Waals surface area contributed by atoms with Gasteiger partial charge in [-0.25, -0.2) is 0 Å². The van der Waals surface area contributed by atoms with Crippen molar-refractivity contribution < 1.29 is 14.9 Å². The second-order valence-electron chi connectivity index (χ2n) is 5.54. The van der Waals surface area contributed by atoms with Crippen LogP contribution in [0.15, 0.2) is 0 Å². The quantitative estimate of drug-likeness (QED) is 0.626. The summed E-state index contributed by atoms with van der Waals surface area (Å²) in [4.78, 5) is 0. The normalized spacial score (nSPS) is 29.4. The lowest BCUT2D eigenvalue weighted by molar-refractivity contribution is 0.103. The average molecular weight is 217 g/mol. The van der Waals surface area contributed by atoms with E-state index in [1.54, 1.807) is 0 Å². The van der Waals surface area contributed by atoms with Gasteiger partial charge in [-0.05, 0) is 11.8 Å². The molecule has 0 radical (unpaired) electrons. The maximum atomic E-state index is 9.75. The summed E-state index contributed by atoms with van der Waals surface area (Å²) in [6.45, 7) is 7.75. The van der Waals surface area contributed by atoms with Gasteiger partial charge < -0.3 is 20.3 Å². The summed E-state index contributed by atoms with van der Waals surface area (Å²) in [7, 11) is 0. The van der Waals surface area contributed by atoms with Gasteiger partial charge in [0, 0.05) is 6.54 Å². The number of aliphatic hydroxyl groups excluding tert-OH is 2. The molecule has 0 aromatic rings. The zero-order valence-electron chi connectivity index (χ0n) is 9.86. The molecule has 0 aromatic heterocycles. The fraction of sp³-hybridized carbons (Fsp3) is 1.00. The van der Waals surface area contributed by atoms with Crippen LogP contribution in [0.25, 0.3) is 0 Å². The van der Waals surface area contributed by atoms with Gasteiger partial charge in [0.2, 0.25) is 0 Å². The van der Waals surface area contributed by atoms with E-state index in [9.17, 15) is 10.2 Å². The first-order valence-corrected chi connectivity index (χ1v) is 5.56. The monoisotopic (exact) mass is 217 g/mol. The van der Waals surface area contributed by atoms with E-state index < -0.39 is 6.10 Å². The van der Waals surface area contributed by atoms with E-state index in [0.29, 0.717) is 19.8 Å². The molecule has 1 aliphatic heterocycles. The lowest BCUT2D eigenvalue weighted by atomic mass is 9.89. The molecule has 1 fully saturated rings. The molecule has 3 N–H and O–H groups in total. The summed E-state index contributed by atoms with van der Waals surface area (Å²) >= 11 is 0. The van der Waals surface area contributed by atoms with Crippen LogP contribution < -0.4 is 5.32 Å². The van der Waals surface area contributed by atoms with Crippen LogP contribution in [-0.2, 0) is 4.74 Å². The van der Waals surface area contributed by atoms with Crippen molar-refractivity contribution >= 4 is 0 Å². The number of nitrogens with one attached hydrogen (secondary N) is 1. The molecule has 4 nitrogen and oxygen atoms in total. The molecule has 1 aliphatic rings. The van der Waals surface area contributed by atoms with Crippen LogP contribution in [-0.4, -0.2) is 48.2 Å². The van der Waals surface area contributed by atoms with E-state index >= 15 is 0 Å². The Bertz CT molecular complexity index is 191. The second kappa shape index (κ2) is 5.25. The summed E-state index contributed by atoms with van der Waals surface area (Å²) < 4.78 is 5.11. The summed E-state index contributed by atoms with van der Waals surface area (Å²) in [6, 6.07) is -0.0281. The molecule has 3 unspecified atom stereocenters. The van der Waals surface area contributed by atoms with Gasteiger partial charge in [-0.1, -0.05) is 20.8 Å². The highest BCUT2D eigenvalue weighted by atomic mass is 16.5. The molecule has 1 saturated heterocycles. The predicted octanol–water partition coefficient (Wildman–Crippen LogP) is 0.133. The lowest BCUT2D eigenvalue weighted by Gasteiger charge is -2.24. The van der Waals surface area contributed by atoms with Crippen molar-refractivity contribution in [2.45, 2.75) is 45.4 Å². The van der Waals surface area contributed by atoms with Crippen LogP contribution in [0.5, 0.6) is 0 Å². The van der Waals surface area contributed by atoms with Crippen LogP contribution in [0.4, 0.5) is 0 Å². The zero-order chi connectivity index (χ0) is 11.5. The minimum absolute atomic E-state index is 0.0281. The topological polar surface area (TPSA) is 61.7 Å². The Morgan fingerprint density at radius 1 is 1.40 bits per heavy atom. The van der Waals surface area contributed by atoms with Crippen molar-refractivity contribution in [1.82, 2.24) is 5.32 Å². The molecule has 3 atom stereocenters. The number of aliphatic hydroxyl groups is 2. The largest absolute Gasteiger partial charge is 0.392 e. The van der Waals surface area contributed by atoms with Gasteiger partial charge in [-0.3, -0.25) is 0 Å². The first-order chi connectivity index (χ1) is 6.88. The Labute approximate surface area is 91.6 Å². The van der Waals surface area contributed by atoms with Gasteiger partial charge in [0.25, 0.3) is 0 Å². The molecule has 0 bridgehead atoms. The van der Waals surface area contributed by atoms with Gasteiger partial charge in [-0.15, -0.1) is 0 Å². The minimum Gasteiger partial charge on any atom is -0.392 e. The van der Waals surface area contributed by atoms with Crippen molar-refractivity contribution in [2.75, 3.05) is 19.8 Å². The summed E-state index contributed by atoms with van der Waals surface area (Å²) in [5.74, 6) is 0. The van der Waals surface area contributed by atoms with E-state index in [-0.39, 0.29) is 17.6 Å². The second-order valence-corrected chi connectivity index (χ2v) is 5.54. The van der Waals surface area contributed by atoms with Crippen LogP contribution in [0, 0.1) is 5.41 Å². The SMILES string of the molecule is CC(C)(C)CC(O)CNC1COCC1O. The third-order valence-corrected chi connectivity index (χ3v) is 2.51. The Kier molecular flexibility index (Phi) is 4.52. The van der Waals surface area contributed by atoms with E-state index in [2.05, 4.69) is 26.1 Å². The third-order valence-electron chi connectivity index (χ3n) is 2.51. The molecule has 90 valence electrons. The van der Waals surface area contributed by atoms with E-state index in [1.165, 1.54) is 0 Å². The highest BCUT2D eigenvalue weighted by Gasteiger charge is 2.26. The van der Waals surface area contributed by atoms with Gasteiger partial charge in [-0.2, -0.15) is 0 Å². The van der Waals surface area contributed by atoms with Gasteiger partial charge >= 0.3 is 0 Å². The van der Waals surface area contributed by atoms with Crippen LogP contribution in [0.1, 0.15) is 27.2 Å². The lowest BCUT2D eigenvalue weighted by Crippen LogP contribution is -2.43. The minimum atomic E-state index is -0.438. The van der Waals surface area contributed by atoms with Crippen molar-refractivity contribution in [3.05, 3.63) is 0 Å². The number of hydrogen-bond donors (Lipinski definition) is 3. The van der Waals surface area contributed by atoms with E-state index in [1.807, 2.05) is 0 Å². The number of ether oxygens (including phenoxy) is 1. The summed E-state index contributed by atoms with van der Waals surface area (Å²) in [5, 5.41) is 22.3. The van der Waals surface area contributed by atoms with E-state index in [0.717, 1.165) is 6.42 Å². The number of rotatable bonds is 4. The highest BCUT2D eigenvalue weighted by molar-refractivity contribution is 4.82. The van der Waals surface area contributed by atoms with Crippen LogP contribution in [0.2, 0.25) is 0 Å². The molecule has 15 heavy (non-hydrogen) atoms. The third kappa shape index (κ3) is 4.93. The van der Waals surface area contributed by atoms with Gasteiger partial charge in [0.15, 0.2) is 0 Å². The fourth-order valence-electron chi connectivity index (χ4n) is 1.80. The molecule has 0 aromatic carbocycles. The molecule has 1 rings (SSSR count). The fourth-order valence-corrected chi connectivity index (χ4v) is 1.80. The molecule has 4 heteroatoms. The Balaban J connectivity index is 2.19. The molecule has 0 aliphatic carbocycles. The summed E-state index contributed by atoms with van der Waals surface area (Å²) in [6.07, 6.45) is -0.0476. The van der Waals surface area contributed by atoms with Crippen molar-refractivity contribution in [3.63, 3.8) is 0 Å². The smallest absolute Gasteiger partial charge is 0.0948 e. The van der Waals surface area contributed by atoms with Gasteiger partial charge in [0.05, 0.1) is 31.5 Å². The van der Waals surface area contributed by atoms with Crippen molar-refractivity contribution in [3.8, 4) is 0 Å². The first kappa shape index (κ1) is 12.9. The molecule has 1 heterocycles. The van der Waals surface area contributed by atoms with Crippen molar-refractivity contribution in [2.24, 2.45) is 5.41 Å². The van der Waals surface area contributed by atoms with Crippen LogP contribution in [0.3, 0.4) is 0 Å². The molecular weight excluding hydrogens is 194 g/mol. The maximum absolute atomic E-state index is 9.75. The number of hydrogen-bond acceptors (Lipinski definition) is 4. The Morgan fingerprint density at radius 3 is 2.53 bits per heavy atom. The molecule has 0 amide bonds. The Hall–Kier alpha value is -0.160. The average Bonchev–Trinajstić information content (AvgIpc) is 2.44. The molecule has 0 spiro atoms. The molecule has 0 saturated carbocycles. The predicted molar refractivity (Wildman–Crippen MR) is 58.7 cm³/mol. The van der Waals surface area contributed by atoms with Crippen LogP contribution >= 0.6 is 0 Å². The first-order valence-electron chi connectivity index (χ1n) is 5.56.